The van der Waals surface area contributed by atoms with Crippen LogP contribution in [0.2, 0.25) is 0 Å². The molecule has 13 heavy (non-hydrogen) atoms. The summed E-state index contributed by atoms with van der Waals surface area (Å²) in [7, 11) is 1.44. The Morgan fingerprint density at radius 1 is 1.62 bits per heavy atom. The zero-order valence-corrected chi connectivity index (χ0v) is 7.78. The summed E-state index contributed by atoms with van der Waals surface area (Å²) >= 11 is -2.68. The predicted octanol–water partition coefficient (Wildman–Crippen LogP) is -2.25. The molecule has 0 aromatic rings. The molecular weight excluding hydrogens is 202 g/mol. The van der Waals surface area contributed by atoms with Crippen LogP contribution in [0.5, 0.6) is 0 Å². The summed E-state index contributed by atoms with van der Waals surface area (Å²) in [5.41, 5.74) is 0. The lowest BCUT2D eigenvalue weighted by Crippen LogP contribution is -2.34. The smallest absolute Gasteiger partial charge is 0.275 e. The van der Waals surface area contributed by atoms with Crippen molar-refractivity contribution in [3.8, 4) is 0 Å². The third-order valence-electron chi connectivity index (χ3n) is 1.26. The van der Waals surface area contributed by atoms with E-state index in [2.05, 4.69) is 9.50 Å². The van der Waals surface area contributed by atoms with Crippen LogP contribution in [0.1, 0.15) is 12.8 Å². The first-order valence-corrected chi connectivity index (χ1v) is 4.46. The molecule has 0 radical (unpaired) electrons. The Labute approximate surface area is 77.8 Å². The molecule has 0 aliphatic heterocycles. The van der Waals surface area contributed by atoms with Crippen molar-refractivity contribution in [2.24, 2.45) is 0 Å². The Kier molecular flexibility index (Phi) is 5.56. The Balaban J connectivity index is 3.79. The molecule has 4 N–H and O–H groups in total. The monoisotopic (exact) mass is 214 g/mol. The molecule has 0 aliphatic carbocycles. The number of hydrogen-bond donors (Lipinski definition) is 4. The van der Waals surface area contributed by atoms with Gasteiger partial charge in [-0.05, 0) is 13.5 Å². The number of nitrogens with one attached hydrogen (secondary N) is 1. The molecule has 2 atom stereocenters. The highest BCUT2D eigenvalue weighted by atomic mass is 32.2. The fourth-order valence-electron chi connectivity index (χ4n) is 0.660. The average Bonchev–Trinajstić information content (AvgIpc) is 1.95. The summed E-state index contributed by atoms with van der Waals surface area (Å²) < 4.78 is 24.4. The lowest BCUT2D eigenvalue weighted by Gasteiger charge is -2.20. The third-order valence-corrected chi connectivity index (χ3v) is 1.65. The standard InChI is InChI=1S/C5H13NO6S/c1-6-4(12-13(10)11)2-3-5(7,8)9/h4,6-9H,2-3H2,1H3,(H,10,11)/p-1. The predicted molar refractivity (Wildman–Crippen MR) is 41.5 cm³/mol. The fraction of sp³-hybridized carbons (Fsp3) is 1.00. The summed E-state index contributed by atoms with van der Waals surface area (Å²) in [6.07, 6.45) is -1.37. The van der Waals surface area contributed by atoms with Gasteiger partial charge in [-0.25, -0.2) is 4.21 Å². The minimum absolute atomic E-state index is 0.0615. The van der Waals surface area contributed by atoms with Crippen LogP contribution in [0.15, 0.2) is 0 Å². The fourth-order valence-corrected chi connectivity index (χ4v) is 1.04. The van der Waals surface area contributed by atoms with Gasteiger partial charge >= 0.3 is 0 Å². The lowest BCUT2D eigenvalue weighted by atomic mass is 10.2. The number of rotatable bonds is 6. The summed E-state index contributed by atoms with van der Waals surface area (Å²) in [6, 6.07) is 0. The number of aliphatic hydroxyl groups is 3. The third kappa shape index (κ3) is 8.25. The van der Waals surface area contributed by atoms with E-state index in [1.54, 1.807) is 0 Å². The van der Waals surface area contributed by atoms with Crippen LogP contribution in [-0.4, -0.2) is 43.3 Å². The molecule has 8 heteroatoms. The van der Waals surface area contributed by atoms with Gasteiger partial charge in [0.05, 0.1) is 11.4 Å². The summed E-state index contributed by atoms with van der Waals surface area (Å²) in [5, 5.41) is 27.9. The Morgan fingerprint density at radius 2 is 2.15 bits per heavy atom. The molecule has 0 aromatic heterocycles. The van der Waals surface area contributed by atoms with Crippen molar-refractivity contribution in [2.75, 3.05) is 7.05 Å². The summed E-state index contributed by atoms with van der Waals surface area (Å²) in [5.74, 6) is -2.80. The molecule has 2 unspecified atom stereocenters. The van der Waals surface area contributed by atoms with E-state index < -0.39 is 30.0 Å². The van der Waals surface area contributed by atoms with Crippen molar-refractivity contribution in [3.63, 3.8) is 0 Å². The first kappa shape index (κ1) is 12.9. The molecular formula is C5H12NO6S-. The van der Waals surface area contributed by atoms with Crippen LogP contribution in [0.3, 0.4) is 0 Å². The van der Waals surface area contributed by atoms with E-state index in [4.69, 9.17) is 15.3 Å². The van der Waals surface area contributed by atoms with E-state index in [9.17, 15) is 8.76 Å². The Hall–Kier alpha value is -0.0900. The van der Waals surface area contributed by atoms with Gasteiger partial charge < -0.3 is 19.9 Å². The molecule has 0 bridgehead atoms. The van der Waals surface area contributed by atoms with Crippen molar-refractivity contribution < 1.29 is 28.3 Å². The Morgan fingerprint density at radius 3 is 2.46 bits per heavy atom. The largest absolute Gasteiger partial charge is 0.750 e. The molecule has 0 rings (SSSR count). The molecule has 0 heterocycles. The normalized spacial score (nSPS) is 17.0. The Bertz CT molecular complexity index is 169. The molecule has 0 saturated carbocycles. The van der Waals surface area contributed by atoms with Gasteiger partial charge in [0.1, 0.15) is 6.23 Å². The molecule has 0 saturated heterocycles. The second kappa shape index (κ2) is 5.60. The molecule has 80 valence electrons. The maximum Gasteiger partial charge on any atom is 0.275 e. The van der Waals surface area contributed by atoms with E-state index >= 15 is 0 Å². The van der Waals surface area contributed by atoms with Crippen molar-refractivity contribution in [1.82, 2.24) is 5.32 Å². The maximum atomic E-state index is 10.0. The van der Waals surface area contributed by atoms with Crippen LogP contribution in [0.4, 0.5) is 0 Å². The van der Waals surface area contributed by atoms with Crippen molar-refractivity contribution in [1.29, 1.82) is 0 Å². The number of hydrogen-bond acceptors (Lipinski definition) is 7. The van der Waals surface area contributed by atoms with Gasteiger partial charge in [0.15, 0.2) is 0 Å². The molecule has 0 spiro atoms. The highest BCUT2D eigenvalue weighted by Crippen LogP contribution is 2.08. The van der Waals surface area contributed by atoms with Gasteiger partial charge in [-0.15, -0.1) is 0 Å². The van der Waals surface area contributed by atoms with Crippen molar-refractivity contribution in [3.05, 3.63) is 0 Å². The molecule has 0 aliphatic rings. The quantitative estimate of drug-likeness (QED) is 0.291. The van der Waals surface area contributed by atoms with Crippen molar-refractivity contribution in [2.45, 2.75) is 25.0 Å². The minimum atomic E-state index is -2.80. The second-order valence-electron chi connectivity index (χ2n) is 2.39. The van der Waals surface area contributed by atoms with Gasteiger partial charge in [0, 0.05) is 6.42 Å². The van der Waals surface area contributed by atoms with Crippen molar-refractivity contribution >= 4 is 11.4 Å². The summed E-state index contributed by atoms with van der Waals surface area (Å²) in [4.78, 5) is 0. The van der Waals surface area contributed by atoms with E-state index in [1.807, 2.05) is 0 Å². The maximum absolute atomic E-state index is 10.0. The molecule has 0 amide bonds. The lowest BCUT2D eigenvalue weighted by molar-refractivity contribution is -0.316. The van der Waals surface area contributed by atoms with E-state index in [0.717, 1.165) is 0 Å². The van der Waals surface area contributed by atoms with Gasteiger partial charge in [-0.3, -0.25) is 9.50 Å². The molecule has 7 nitrogen and oxygen atoms in total. The molecule has 0 aromatic carbocycles. The zero-order chi connectivity index (χ0) is 10.5. The highest BCUT2D eigenvalue weighted by Gasteiger charge is 2.20. The van der Waals surface area contributed by atoms with Gasteiger partial charge in [-0.2, -0.15) is 0 Å². The second-order valence-corrected chi connectivity index (χ2v) is 2.99. The van der Waals surface area contributed by atoms with E-state index in [1.165, 1.54) is 7.05 Å². The molecule has 0 fully saturated rings. The van der Waals surface area contributed by atoms with Crippen LogP contribution in [0, 0.1) is 0 Å². The van der Waals surface area contributed by atoms with Crippen LogP contribution in [0.25, 0.3) is 0 Å². The van der Waals surface area contributed by atoms with Gasteiger partial charge in [-0.1, -0.05) is 0 Å². The van der Waals surface area contributed by atoms with Crippen LogP contribution < -0.4 is 5.32 Å². The van der Waals surface area contributed by atoms with E-state index in [-0.39, 0.29) is 6.42 Å². The van der Waals surface area contributed by atoms with Gasteiger partial charge in [0.25, 0.3) is 5.97 Å². The minimum Gasteiger partial charge on any atom is -0.750 e. The van der Waals surface area contributed by atoms with Crippen LogP contribution >= 0.6 is 0 Å². The van der Waals surface area contributed by atoms with Gasteiger partial charge in [0.2, 0.25) is 0 Å². The first-order chi connectivity index (χ1) is 5.85. The highest BCUT2D eigenvalue weighted by molar-refractivity contribution is 7.74. The van der Waals surface area contributed by atoms with E-state index in [0.29, 0.717) is 0 Å². The summed E-state index contributed by atoms with van der Waals surface area (Å²) in [6.45, 7) is 0. The topological polar surface area (TPSA) is 122 Å². The average molecular weight is 214 g/mol. The zero-order valence-electron chi connectivity index (χ0n) is 6.97. The first-order valence-electron chi connectivity index (χ1n) is 3.46. The SMILES string of the molecule is CNC(CCC(O)(O)O)OS(=O)[O-]. The van der Waals surface area contributed by atoms with Crippen LogP contribution in [-0.2, 0) is 15.5 Å².